The summed E-state index contributed by atoms with van der Waals surface area (Å²) in [7, 11) is 0. The van der Waals surface area contributed by atoms with Crippen LogP contribution in [0, 0.1) is 10.8 Å². The van der Waals surface area contributed by atoms with E-state index in [-0.39, 0.29) is 5.91 Å². The number of likely N-dealkylation sites (tertiary alicyclic amines) is 1. The Morgan fingerprint density at radius 3 is 2.06 bits per heavy atom. The van der Waals surface area contributed by atoms with E-state index in [9.17, 15) is 4.79 Å². The zero-order valence-electron chi connectivity index (χ0n) is 11.7. The molecular weight excluding hydrogens is 234 g/mol. The second kappa shape index (κ2) is 5.60. The van der Waals surface area contributed by atoms with E-state index in [0.29, 0.717) is 11.3 Å². The van der Waals surface area contributed by atoms with Gasteiger partial charge in [-0.05, 0) is 32.1 Å². The molecule has 0 N–H and O–H groups in total. The van der Waals surface area contributed by atoms with Gasteiger partial charge in [0.05, 0.1) is 5.41 Å². The van der Waals surface area contributed by atoms with Crippen molar-refractivity contribution in [2.75, 3.05) is 19.0 Å². The minimum atomic E-state index is -0.417. The van der Waals surface area contributed by atoms with Gasteiger partial charge in [-0.1, -0.05) is 26.7 Å². The lowest BCUT2D eigenvalue weighted by molar-refractivity contribution is -0.141. The van der Waals surface area contributed by atoms with Gasteiger partial charge >= 0.3 is 0 Å². The van der Waals surface area contributed by atoms with Gasteiger partial charge in [0.25, 0.3) is 0 Å². The van der Waals surface area contributed by atoms with Crippen molar-refractivity contribution in [3.8, 4) is 0 Å². The minimum Gasteiger partial charge on any atom is -0.342 e. The summed E-state index contributed by atoms with van der Waals surface area (Å²) in [5, 5.41) is 0. The molecule has 0 aromatic rings. The van der Waals surface area contributed by atoms with E-state index in [0.717, 1.165) is 25.9 Å². The van der Waals surface area contributed by atoms with Crippen LogP contribution in [0.1, 0.15) is 53.4 Å². The first-order chi connectivity index (χ1) is 7.90. The van der Waals surface area contributed by atoms with Crippen molar-refractivity contribution in [3.05, 3.63) is 0 Å². The van der Waals surface area contributed by atoms with Crippen molar-refractivity contribution in [1.82, 2.24) is 4.90 Å². The van der Waals surface area contributed by atoms with Crippen molar-refractivity contribution < 1.29 is 4.79 Å². The molecular formula is C14H26ClNO. The zero-order chi connectivity index (χ0) is 13.1. The average Bonchev–Trinajstić information content (AvgIpc) is 2.38. The maximum absolute atomic E-state index is 12.3. The average molecular weight is 260 g/mol. The molecule has 1 saturated heterocycles. The summed E-state index contributed by atoms with van der Waals surface area (Å²) < 4.78 is 0. The number of nitrogens with zero attached hydrogens (tertiary/aromatic N) is 1. The zero-order valence-corrected chi connectivity index (χ0v) is 12.4. The third-order valence-corrected chi connectivity index (χ3v) is 5.19. The van der Waals surface area contributed by atoms with Crippen LogP contribution in [0.4, 0.5) is 0 Å². The molecule has 0 saturated carbocycles. The lowest BCUT2D eigenvalue weighted by Gasteiger charge is -2.43. The van der Waals surface area contributed by atoms with Gasteiger partial charge in [-0.25, -0.2) is 0 Å². The number of halogens is 1. The van der Waals surface area contributed by atoms with Crippen LogP contribution in [0.5, 0.6) is 0 Å². The van der Waals surface area contributed by atoms with Gasteiger partial charge in [-0.3, -0.25) is 4.79 Å². The molecule has 0 spiro atoms. The second-order valence-electron chi connectivity index (χ2n) is 6.02. The molecule has 1 aliphatic rings. The molecule has 0 aliphatic carbocycles. The fourth-order valence-electron chi connectivity index (χ4n) is 2.63. The van der Waals surface area contributed by atoms with E-state index in [4.69, 9.17) is 11.6 Å². The maximum Gasteiger partial charge on any atom is 0.229 e. The topological polar surface area (TPSA) is 20.3 Å². The molecule has 100 valence electrons. The van der Waals surface area contributed by atoms with Crippen molar-refractivity contribution in [2.24, 2.45) is 10.8 Å². The van der Waals surface area contributed by atoms with Crippen molar-refractivity contribution in [3.63, 3.8) is 0 Å². The van der Waals surface area contributed by atoms with Gasteiger partial charge < -0.3 is 4.90 Å². The highest BCUT2D eigenvalue weighted by Crippen LogP contribution is 2.38. The maximum atomic E-state index is 12.3. The molecule has 1 fully saturated rings. The van der Waals surface area contributed by atoms with Gasteiger partial charge in [0.1, 0.15) is 0 Å². The predicted octanol–water partition coefficient (Wildman–Crippen LogP) is 3.68. The Morgan fingerprint density at radius 2 is 1.71 bits per heavy atom. The molecule has 2 nitrogen and oxygen atoms in total. The van der Waals surface area contributed by atoms with Gasteiger partial charge in [0.2, 0.25) is 5.91 Å². The summed E-state index contributed by atoms with van der Waals surface area (Å²) in [6.07, 6.45) is 4.74. The van der Waals surface area contributed by atoms with E-state index in [1.807, 2.05) is 18.7 Å². The van der Waals surface area contributed by atoms with Crippen LogP contribution in [-0.2, 0) is 4.79 Å². The van der Waals surface area contributed by atoms with Crippen LogP contribution in [0.15, 0.2) is 0 Å². The summed E-state index contributed by atoms with van der Waals surface area (Å²) in [6, 6.07) is 0. The molecule has 1 aliphatic heterocycles. The summed E-state index contributed by atoms with van der Waals surface area (Å²) in [6.45, 7) is 10.2. The van der Waals surface area contributed by atoms with Crippen LogP contribution in [0.3, 0.4) is 0 Å². The standard InChI is InChI=1S/C14H26ClNO/c1-5-14(6-2)7-9-16(10-8-14)12(17)13(3,4)11-15/h5-11H2,1-4H3. The molecule has 0 unspecified atom stereocenters. The van der Waals surface area contributed by atoms with Crippen LogP contribution in [0.2, 0.25) is 0 Å². The monoisotopic (exact) mass is 259 g/mol. The molecule has 1 rings (SSSR count). The molecule has 0 radical (unpaired) electrons. The van der Waals surface area contributed by atoms with Crippen molar-refractivity contribution >= 4 is 17.5 Å². The summed E-state index contributed by atoms with van der Waals surface area (Å²) >= 11 is 5.87. The highest BCUT2D eigenvalue weighted by molar-refractivity contribution is 6.19. The van der Waals surface area contributed by atoms with Crippen LogP contribution >= 0.6 is 11.6 Å². The second-order valence-corrected chi connectivity index (χ2v) is 6.28. The van der Waals surface area contributed by atoms with E-state index >= 15 is 0 Å². The normalized spacial score (nSPS) is 20.4. The highest BCUT2D eigenvalue weighted by Gasteiger charge is 2.37. The van der Waals surface area contributed by atoms with Crippen LogP contribution in [0.25, 0.3) is 0 Å². The number of rotatable bonds is 4. The SMILES string of the molecule is CCC1(CC)CCN(C(=O)C(C)(C)CCl)CC1. The molecule has 0 bridgehead atoms. The number of alkyl halides is 1. The molecule has 0 aromatic carbocycles. The van der Waals surface area contributed by atoms with Gasteiger partial charge in [0, 0.05) is 19.0 Å². The number of amides is 1. The molecule has 1 heterocycles. The van der Waals surface area contributed by atoms with Gasteiger partial charge in [-0.2, -0.15) is 0 Å². The molecule has 1 amide bonds. The molecule has 3 heteroatoms. The number of hydrogen-bond donors (Lipinski definition) is 0. The first kappa shape index (κ1) is 14.8. The summed E-state index contributed by atoms with van der Waals surface area (Å²) in [4.78, 5) is 14.3. The van der Waals surface area contributed by atoms with Crippen molar-refractivity contribution in [1.29, 1.82) is 0 Å². The third-order valence-electron chi connectivity index (χ3n) is 4.52. The van der Waals surface area contributed by atoms with Crippen LogP contribution in [-0.4, -0.2) is 29.8 Å². The van der Waals surface area contributed by atoms with E-state index < -0.39 is 5.41 Å². The van der Waals surface area contributed by atoms with E-state index in [2.05, 4.69) is 13.8 Å². The number of hydrogen-bond acceptors (Lipinski definition) is 1. The number of carbonyl (C=O) groups is 1. The Labute approximate surface area is 111 Å². The Bertz CT molecular complexity index is 261. The Kier molecular flexibility index (Phi) is 4.88. The molecule has 0 aromatic heterocycles. The van der Waals surface area contributed by atoms with Crippen molar-refractivity contribution in [2.45, 2.75) is 53.4 Å². The fraction of sp³-hybridized carbons (Fsp3) is 0.929. The number of piperidine rings is 1. The quantitative estimate of drug-likeness (QED) is 0.706. The lowest BCUT2D eigenvalue weighted by atomic mass is 9.74. The molecule has 0 atom stereocenters. The number of carbonyl (C=O) groups excluding carboxylic acids is 1. The summed E-state index contributed by atoms with van der Waals surface area (Å²) in [5.74, 6) is 0.614. The Balaban J connectivity index is 2.61. The Morgan fingerprint density at radius 1 is 1.24 bits per heavy atom. The molecule has 17 heavy (non-hydrogen) atoms. The minimum absolute atomic E-state index is 0.216. The first-order valence-corrected chi connectivity index (χ1v) is 7.29. The first-order valence-electron chi connectivity index (χ1n) is 6.76. The fourth-order valence-corrected chi connectivity index (χ4v) is 2.74. The van der Waals surface area contributed by atoms with E-state index in [1.54, 1.807) is 0 Å². The largest absolute Gasteiger partial charge is 0.342 e. The van der Waals surface area contributed by atoms with Gasteiger partial charge in [-0.15, -0.1) is 11.6 Å². The smallest absolute Gasteiger partial charge is 0.229 e. The predicted molar refractivity (Wildman–Crippen MR) is 73.3 cm³/mol. The Hall–Kier alpha value is -0.240. The summed E-state index contributed by atoms with van der Waals surface area (Å²) in [5.41, 5.74) is 0.0574. The van der Waals surface area contributed by atoms with Crippen LogP contribution < -0.4 is 0 Å². The third kappa shape index (κ3) is 3.15. The van der Waals surface area contributed by atoms with Gasteiger partial charge in [0.15, 0.2) is 0 Å². The highest BCUT2D eigenvalue weighted by atomic mass is 35.5. The van der Waals surface area contributed by atoms with E-state index in [1.165, 1.54) is 12.8 Å². The lowest BCUT2D eigenvalue weighted by Crippen LogP contribution is -2.48.